The van der Waals surface area contributed by atoms with Crippen LogP contribution in [0.15, 0.2) is 41.3 Å². The Kier molecular flexibility index (Phi) is 4.08. The summed E-state index contributed by atoms with van der Waals surface area (Å²) >= 11 is 0. The molecule has 1 aliphatic carbocycles. The van der Waals surface area contributed by atoms with Gasteiger partial charge in [0.1, 0.15) is 11.4 Å². The number of fused-ring (bicyclic) bond motifs is 1. The predicted molar refractivity (Wildman–Crippen MR) is 101 cm³/mol. The van der Waals surface area contributed by atoms with Crippen molar-refractivity contribution in [1.29, 1.82) is 0 Å². The van der Waals surface area contributed by atoms with Crippen LogP contribution < -0.4 is 11.3 Å². The number of aryl methyl sites for hydroxylation is 1. The van der Waals surface area contributed by atoms with Crippen molar-refractivity contribution >= 4 is 11.5 Å². The summed E-state index contributed by atoms with van der Waals surface area (Å²) < 4.78 is 16.1. The lowest BCUT2D eigenvalue weighted by Gasteiger charge is -2.16. The third kappa shape index (κ3) is 2.82. The highest BCUT2D eigenvalue weighted by atomic mass is 19.1. The van der Waals surface area contributed by atoms with Crippen LogP contribution in [-0.2, 0) is 6.54 Å². The van der Waals surface area contributed by atoms with Gasteiger partial charge >= 0.3 is 5.97 Å². The fourth-order valence-corrected chi connectivity index (χ4v) is 3.67. The molecule has 3 N–H and O–H groups in total. The molecule has 0 unspecified atom stereocenters. The summed E-state index contributed by atoms with van der Waals surface area (Å²) in [4.78, 5) is 24.1. The van der Waals surface area contributed by atoms with Gasteiger partial charge in [-0.15, -0.1) is 0 Å². The maximum Gasteiger partial charge on any atom is 0.341 e. The maximum absolute atomic E-state index is 15.0. The number of pyridine rings is 2. The first-order chi connectivity index (χ1) is 12.9. The smallest absolute Gasteiger partial charge is 0.341 e. The van der Waals surface area contributed by atoms with E-state index in [4.69, 9.17) is 5.73 Å². The molecule has 4 rings (SSSR count). The molecule has 0 spiro atoms. The second-order valence-electron chi connectivity index (χ2n) is 6.99. The number of carboxylic acid groups (broad SMARTS) is 1. The quantitative estimate of drug-likeness (QED) is 0.741. The highest BCUT2D eigenvalue weighted by Crippen LogP contribution is 2.43. The summed E-state index contributed by atoms with van der Waals surface area (Å²) in [7, 11) is 0. The zero-order valence-corrected chi connectivity index (χ0v) is 14.8. The highest BCUT2D eigenvalue weighted by Gasteiger charge is 2.30. The van der Waals surface area contributed by atoms with Gasteiger partial charge in [0.25, 0.3) is 5.56 Å². The first kappa shape index (κ1) is 17.4. The van der Waals surface area contributed by atoms with Crippen LogP contribution in [-0.4, -0.2) is 15.5 Å². The van der Waals surface area contributed by atoms with E-state index < -0.39 is 17.3 Å². The van der Waals surface area contributed by atoms with Crippen LogP contribution in [0, 0.1) is 12.7 Å². The monoisotopic (exact) mass is 366 g/mol. The summed E-state index contributed by atoms with van der Waals surface area (Å²) in [5.74, 6) is -1.65. The highest BCUT2D eigenvalue weighted by molar-refractivity contribution is 5.89. The molecular weight excluding hydrogens is 347 g/mol. The number of benzene rings is 1. The molecule has 5 nitrogen and oxygen atoms in total. The van der Waals surface area contributed by atoms with Crippen LogP contribution in [0.5, 0.6) is 0 Å². The number of halogens is 1. The lowest BCUT2D eigenvalue weighted by Crippen LogP contribution is -2.24. The number of nitrogens with two attached hydrogens (primary N) is 1. The van der Waals surface area contributed by atoms with Crippen molar-refractivity contribution in [2.75, 3.05) is 0 Å². The lowest BCUT2D eigenvalue weighted by molar-refractivity contribution is 0.0694. The molecule has 138 valence electrons. The van der Waals surface area contributed by atoms with Crippen molar-refractivity contribution in [2.45, 2.75) is 32.2 Å². The molecule has 0 bridgehead atoms. The molecule has 2 aromatic heterocycles. The lowest BCUT2D eigenvalue weighted by atomic mass is 9.95. The topological polar surface area (TPSA) is 84.8 Å². The van der Waals surface area contributed by atoms with E-state index in [-0.39, 0.29) is 11.5 Å². The molecule has 1 fully saturated rings. The number of carboxylic acids is 1. The number of aromatic carboxylic acids is 1. The molecule has 2 heterocycles. The molecule has 3 aromatic rings. The van der Waals surface area contributed by atoms with Crippen LogP contribution in [0.25, 0.3) is 16.6 Å². The van der Waals surface area contributed by atoms with Gasteiger partial charge in [0, 0.05) is 18.3 Å². The minimum Gasteiger partial charge on any atom is -0.477 e. The Bertz CT molecular complexity index is 1130. The van der Waals surface area contributed by atoms with E-state index in [0.717, 1.165) is 34.6 Å². The fraction of sp³-hybridized carbons (Fsp3) is 0.238. The van der Waals surface area contributed by atoms with E-state index >= 15 is 0 Å². The first-order valence-electron chi connectivity index (χ1n) is 8.83. The number of hydrogen-bond donors (Lipinski definition) is 2. The Hall–Kier alpha value is -2.99. The summed E-state index contributed by atoms with van der Waals surface area (Å²) in [6.07, 6.45) is 2.98. The van der Waals surface area contributed by atoms with Crippen molar-refractivity contribution < 1.29 is 14.3 Å². The second-order valence-corrected chi connectivity index (χ2v) is 6.99. The molecule has 0 amide bonds. The number of nitrogens with zero attached hydrogens (tertiary/aromatic N) is 1. The van der Waals surface area contributed by atoms with E-state index in [1.807, 2.05) is 24.3 Å². The Balaban J connectivity index is 2.05. The average molecular weight is 366 g/mol. The number of rotatable bonds is 4. The molecule has 0 saturated heterocycles. The van der Waals surface area contributed by atoms with Crippen molar-refractivity contribution in [3.8, 4) is 11.1 Å². The minimum atomic E-state index is -1.30. The molecular formula is C21H19FN2O3. The van der Waals surface area contributed by atoms with Crippen molar-refractivity contribution in [1.82, 2.24) is 4.40 Å². The molecule has 27 heavy (non-hydrogen) atoms. The Labute approximate surface area is 154 Å². The van der Waals surface area contributed by atoms with Gasteiger partial charge in [-0.05, 0) is 54.0 Å². The largest absolute Gasteiger partial charge is 0.477 e. The molecule has 1 aliphatic rings. The van der Waals surface area contributed by atoms with Crippen LogP contribution in [0.2, 0.25) is 0 Å². The Morgan fingerprint density at radius 2 is 1.96 bits per heavy atom. The van der Waals surface area contributed by atoms with Crippen LogP contribution >= 0.6 is 0 Å². The van der Waals surface area contributed by atoms with Gasteiger partial charge in [0.15, 0.2) is 0 Å². The van der Waals surface area contributed by atoms with E-state index in [9.17, 15) is 19.1 Å². The van der Waals surface area contributed by atoms with Gasteiger partial charge in [-0.1, -0.05) is 24.3 Å². The first-order valence-corrected chi connectivity index (χ1v) is 8.83. The average Bonchev–Trinajstić information content (AvgIpc) is 3.48. The number of aromatic nitrogens is 1. The van der Waals surface area contributed by atoms with Gasteiger partial charge in [0.05, 0.1) is 5.52 Å². The molecule has 0 atom stereocenters. The normalized spacial score (nSPS) is 13.9. The van der Waals surface area contributed by atoms with Crippen LogP contribution in [0.4, 0.5) is 4.39 Å². The third-order valence-corrected chi connectivity index (χ3v) is 5.20. The summed E-state index contributed by atoms with van der Waals surface area (Å²) in [6.45, 7) is 2.18. The summed E-state index contributed by atoms with van der Waals surface area (Å²) in [6, 6.07) is 8.78. The van der Waals surface area contributed by atoms with Crippen molar-refractivity contribution in [3.05, 3.63) is 75.0 Å². The molecule has 6 heteroatoms. The predicted octanol–water partition coefficient (Wildman–Crippen LogP) is 3.45. The maximum atomic E-state index is 15.0. The van der Waals surface area contributed by atoms with E-state index in [0.29, 0.717) is 28.8 Å². The standard InChI is InChI=1S/C21H19FN2O3/c1-11-18(14-4-2-12(9-23)3-5-14)17(22)10-24-19(11)15(13-6-7-13)8-16(20(24)25)21(26)27/h2-5,8,10,13H,6-7,9,23H2,1H3,(H,26,27). The SMILES string of the molecule is Cc1c(-c2ccc(CN)cc2)c(F)cn2c(=O)c(C(=O)O)cc(C3CC3)c12. The molecule has 1 aromatic carbocycles. The van der Waals surface area contributed by atoms with Crippen molar-refractivity contribution in [2.24, 2.45) is 5.73 Å². The zero-order valence-electron chi connectivity index (χ0n) is 14.8. The Morgan fingerprint density at radius 1 is 1.30 bits per heavy atom. The number of carbonyl (C=O) groups is 1. The van der Waals surface area contributed by atoms with Gasteiger partial charge in [-0.2, -0.15) is 0 Å². The van der Waals surface area contributed by atoms with E-state index in [2.05, 4.69) is 0 Å². The number of hydrogen-bond acceptors (Lipinski definition) is 3. The van der Waals surface area contributed by atoms with Crippen LogP contribution in [0.1, 0.15) is 45.8 Å². The molecule has 0 aliphatic heterocycles. The summed E-state index contributed by atoms with van der Waals surface area (Å²) in [5.41, 5.74) is 8.68. The van der Waals surface area contributed by atoms with Crippen molar-refractivity contribution in [3.63, 3.8) is 0 Å². The summed E-state index contributed by atoms with van der Waals surface area (Å²) in [5, 5.41) is 9.36. The molecule has 0 radical (unpaired) electrons. The van der Waals surface area contributed by atoms with Gasteiger partial charge < -0.3 is 10.8 Å². The van der Waals surface area contributed by atoms with Crippen LogP contribution in [0.3, 0.4) is 0 Å². The zero-order chi connectivity index (χ0) is 19.3. The Morgan fingerprint density at radius 3 is 2.52 bits per heavy atom. The van der Waals surface area contributed by atoms with Gasteiger partial charge in [-0.3, -0.25) is 9.20 Å². The minimum absolute atomic E-state index is 0.204. The van der Waals surface area contributed by atoms with Gasteiger partial charge in [0.2, 0.25) is 0 Å². The van der Waals surface area contributed by atoms with Gasteiger partial charge in [-0.25, -0.2) is 9.18 Å². The second kappa shape index (κ2) is 6.32. The fourth-order valence-electron chi connectivity index (χ4n) is 3.67. The third-order valence-electron chi connectivity index (χ3n) is 5.20. The molecule has 1 saturated carbocycles. The van der Waals surface area contributed by atoms with E-state index in [1.165, 1.54) is 6.07 Å². The van der Waals surface area contributed by atoms with E-state index in [1.54, 1.807) is 6.92 Å².